The van der Waals surface area contributed by atoms with Gasteiger partial charge in [0.25, 0.3) is 0 Å². The fourth-order valence-corrected chi connectivity index (χ4v) is 3.23. The Hall–Kier alpha value is -1.33. The van der Waals surface area contributed by atoms with Crippen molar-refractivity contribution in [2.24, 2.45) is 0 Å². The zero-order valence-corrected chi connectivity index (χ0v) is 12.4. The van der Waals surface area contributed by atoms with Gasteiger partial charge in [-0.25, -0.2) is 4.39 Å². The molecule has 116 valence electrons. The molecule has 3 rings (SSSR count). The Morgan fingerprint density at radius 2 is 2.10 bits per heavy atom. The zero-order chi connectivity index (χ0) is 14.7. The second kappa shape index (κ2) is 6.20. The van der Waals surface area contributed by atoms with Crippen molar-refractivity contribution in [3.63, 3.8) is 0 Å². The van der Waals surface area contributed by atoms with Crippen molar-refractivity contribution in [1.29, 1.82) is 0 Å². The third-order valence-electron chi connectivity index (χ3n) is 4.42. The quantitative estimate of drug-likeness (QED) is 0.930. The van der Waals surface area contributed by atoms with Crippen LogP contribution in [0.5, 0.6) is 5.75 Å². The SMILES string of the molecule is COc1ccc(NC2CCOC3(CCOCC3)C2)cc1F. The summed E-state index contributed by atoms with van der Waals surface area (Å²) in [5.74, 6) is -0.0660. The fraction of sp³-hybridized carbons (Fsp3) is 0.625. The number of hydrogen-bond acceptors (Lipinski definition) is 4. The van der Waals surface area contributed by atoms with Gasteiger partial charge in [0.15, 0.2) is 11.6 Å². The minimum absolute atomic E-state index is 0.0564. The number of benzene rings is 1. The Morgan fingerprint density at radius 1 is 1.29 bits per heavy atom. The molecule has 4 nitrogen and oxygen atoms in total. The summed E-state index contributed by atoms with van der Waals surface area (Å²) >= 11 is 0. The van der Waals surface area contributed by atoms with E-state index in [1.807, 2.05) is 6.07 Å². The topological polar surface area (TPSA) is 39.7 Å². The van der Waals surface area contributed by atoms with Gasteiger partial charge in [0.1, 0.15) is 0 Å². The molecule has 2 aliphatic heterocycles. The molecule has 0 radical (unpaired) electrons. The van der Waals surface area contributed by atoms with Crippen LogP contribution in [0.4, 0.5) is 10.1 Å². The molecule has 0 amide bonds. The van der Waals surface area contributed by atoms with Crippen molar-refractivity contribution in [3.05, 3.63) is 24.0 Å². The molecule has 2 fully saturated rings. The van der Waals surface area contributed by atoms with Crippen LogP contribution in [0.25, 0.3) is 0 Å². The summed E-state index contributed by atoms with van der Waals surface area (Å²) in [6, 6.07) is 5.31. The number of anilines is 1. The first-order valence-electron chi connectivity index (χ1n) is 7.53. The smallest absolute Gasteiger partial charge is 0.167 e. The van der Waals surface area contributed by atoms with Crippen molar-refractivity contribution >= 4 is 5.69 Å². The zero-order valence-electron chi connectivity index (χ0n) is 12.4. The standard InChI is InChI=1S/C16H22FNO3/c1-19-15-3-2-12(10-14(15)17)18-13-4-7-21-16(11-13)5-8-20-9-6-16/h2-3,10,13,18H,4-9,11H2,1H3. The first-order valence-corrected chi connectivity index (χ1v) is 7.53. The summed E-state index contributed by atoms with van der Waals surface area (Å²) in [7, 11) is 1.47. The first-order chi connectivity index (χ1) is 10.2. The lowest BCUT2D eigenvalue weighted by atomic mass is 9.84. The molecule has 0 bridgehead atoms. The van der Waals surface area contributed by atoms with Gasteiger partial charge in [-0.15, -0.1) is 0 Å². The van der Waals surface area contributed by atoms with Crippen molar-refractivity contribution < 1.29 is 18.6 Å². The van der Waals surface area contributed by atoms with Gasteiger partial charge in [0.2, 0.25) is 0 Å². The monoisotopic (exact) mass is 295 g/mol. The number of hydrogen-bond donors (Lipinski definition) is 1. The van der Waals surface area contributed by atoms with Gasteiger partial charge in [0, 0.05) is 37.6 Å². The van der Waals surface area contributed by atoms with Crippen LogP contribution in [0, 0.1) is 5.82 Å². The second-order valence-corrected chi connectivity index (χ2v) is 5.83. The highest BCUT2D eigenvalue weighted by molar-refractivity contribution is 5.48. The molecule has 1 aromatic rings. The minimum atomic E-state index is -0.338. The van der Waals surface area contributed by atoms with E-state index in [1.165, 1.54) is 13.2 Å². The predicted octanol–water partition coefficient (Wildman–Crippen LogP) is 2.97. The van der Waals surface area contributed by atoms with Crippen LogP contribution in [0.3, 0.4) is 0 Å². The maximum Gasteiger partial charge on any atom is 0.167 e. The van der Waals surface area contributed by atoms with Crippen LogP contribution in [-0.4, -0.2) is 38.6 Å². The fourth-order valence-electron chi connectivity index (χ4n) is 3.23. The molecule has 1 atom stereocenters. The molecule has 2 aliphatic rings. The molecule has 1 spiro atoms. The van der Waals surface area contributed by atoms with E-state index >= 15 is 0 Å². The van der Waals surface area contributed by atoms with Gasteiger partial charge in [-0.2, -0.15) is 0 Å². The largest absolute Gasteiger partial charge is 0.494 e. The lowest BCUT2D eigenvalue weighted by molar-refractivity contribution is -0.135. The van der Waals surface area contributed by atoms with Crippen molar-refractivity contribution in [1.82, 2.24) is 0 Å². The highest BCUT2D eigenvalue weighted by Crippen LogP contribution is 2.35. The molecule has 1 N–H and O–H groups in total. The van der Waals surface area contributed by atoms with Crippen LogP contribution in [0.1, 0.15) is 25.7 Å². The van der Waals surface area contributed by atoms with Gasteiger partial charge in [0.05, 0.1) is 12.7 Å². The maximum atomic E-state index is 13.7. The number of rotatable bonds is 3. The molecule has 0 saturated carbocycles. The Kier molecular flexibility index (Phi) is 4.31. The highest BCUT2D eigenvalue weighted by atomic mass is 19.1. The Morgan fingerprint density at radius 3 is 2.81 bits per heavy atom. The van der Waals surface area contributed by atoms with E-state index in [2.05, 4.69) is 5.32 Å². The van der Waals surface area contributed by atoms with Gasteiger partial charge in [-0.1, -0.05) is 0 Å². The number of halogens is 1. The van der Waals surface area contributed by atoms with Crippen LogP contribution in [0.2, 0.25) is 0 Å². The Bertz CT molecular complexity index is 483. The van der Waals surface area contributed by atoms with Crippen molar-refractivity contribution in [2.75, 3.05) is 32.2 Å². The van der Waals surface area contributed by atoms with Crippen LogP contribution < -0.4 is 10.1 Å². The number of methoxy groups -OCH3 is 1. The van der Waals surface area contributed by atoms with E-state index in [-0.39, 0.29) is 17.2 Å². The van der Waals surface area contributed by atoms with Crippen LogP contribution in [-0.2, 0) is 9.47 Å². The lowest BCUT2D eigenvalue weighted by Crippen LogP contribution is -2.47. The average molecular weight is 295 g/mol. The third kappa shape index (κ3) is 3.30. The summed E-state index contributed by atoms with van der Waals surface area (Å²) in [5.41, 5.74) is 0.738. The van der Waals surface area contributed by atoms with Gasteiger partial charge < -0.3 is 19.5 Å². The molecular weight excluding hydrogens is 273 g/mol. The van der Waals surface area contributed by atoms with E-state index in [1.54, 1.807) is 6.07 Å². The minimum Gasteiger partial charge on any atom is -0.494 e. The molecule has 0 aliphatic carbocycles. The molecule has 21 heavy (non-hydrogen) atoms. The van der Waals surface area contributed by atoms with Crippen LogP contribution in [0.15, 0.2) is 18.2 Å². The molecule has 0 aromatic heterocycles. The maximum absolute atomic E-state index is 13.7. The lowest BCUT2D eigenvalue weighted by Gasteiger charge is -2.43. The van der Waals surface area contributed by atoms with Gasteiger partial charge in [-0.05, 0) is 37.8 Å². The molecule has 1 unspecified atom stereocenters. The van der Waals surface area contributed by atoms with E-state index < -0.39 is 0 Å². The summed E-state index contributed by atoms with van der Waals surface area (Å²) in [4.78, 5) is 0. The average Bonchev–Trinajstić information content (AvgIpc) is 2.48. The van der Waals surface area contributed by atoms with Crippen LogP contribution >= 0.6 is 0 Å². The summed E-state index contributed by atoms with van der Waals surface area (Å²) in [5, 5.41) is 3.43. The van der Waals surface area contributed by atoms with E-state index in [9.17, 15) is 4.39 Å². The number of nitrogens with one attached hydrogen (secondary N) is 1. The number of ether oxygens (including phenoxy) is 3. The normalized spacial score (nSPS) is 24.8. The van der Waals surface area contributed by atoms with Gasteiger partial charge >= 0.3 is 0 Å². The van der Waals surface area contributed by atoms with Crippen molar-refractivity contribution in [3.8, 4) is 5.75 Å². The predicted molar refractivity (Wildman–Crippen MR) is 78.3 cm³/mol. The first kappa shape index (κ1) is 14.6. The van der Waals surface area contributed by atoms with E-state index in [4.69, 9.17) is 14.2 Å². The second-order valence-electron chi connectivity index (χ2n) is 5.83. The summed E-state index contributed by atoms with van der Waals surface area (Å²) in [6.45, 7) is 2.28. The van der Waals surface area contributed by atoms with Crippen molar-refractivity contribution in [2.45, 2.75) is 37.3 Å². The van der Waals surface area contributed by atoms with E-state index in [0.29, 0.717) is 6.04 Å². The molecule has 5 heteroatoms. The third-order valence-corrected chi connectivity index (χ3v) is 4.42. The summed E-state index contributed by atoms with van der Waals surface area (Å²) < 4.78 is 30.1. The molecule has 1 aromatic carbocycles. The molecule has 2 saturated heterocycles. The van der Waals surface area contributed by atoms with E-state index in [0.717, 1.165) is 51.2 Å². The Balaban J connectivity index is 1.65. The molecule has 2 heterocycles. The summed E-state index contributed by atoms with van der Waals surface area (Å²) in [6.07, 6.45) is 3.78. The molecular formula is C16H22FNO3. The Labute approximate surface area is 124 Å². The highest BCUT2D eigenvalue weighted by Gasteiger charge is 2.38. The van der Waals surface area contributed by atoms with Gasteiger partial charge in [-0.3, -0.25) is 0 Å².